The summed E-state index contributed by atoms with van der Waals surface area (Å²) in [5.41, 5.74) is 4.01. The first-order chi connectivity index (χ1) is 15.2. The van der Waals surface area contributed by atoms with Crippen LogP contribution in [-0.4, -0.2) is 31.3 Å². The fourth-order valence-electron chi connectivity index (χ4n) is 3.70. The van der Waals surface area contributed by atoms with E-state index < -0.39 is 0 Å². The topological polar surface area (TPSA) is 74.3 Å². The maximum Gasteiger partial charge on any atom is 0.261 e. The molecule has 0 atom stereocenters. The van der Waals surface area contributed by atoms with E-state index in [-0.39, 0.29) is 18.0 Å². The van der Waals surface area contributed by atoms with Gasteiger partial charge in [-0.05, 0) is 35.9 Å². The first kappa shape index (κ1) is 19.1. The second-order valence-electron chi connectivity index (χ2n) is 7.12. The van der Waals surface area contributed by atoms with Gasteiger partial charge in [-0.15, -0.1) is 0 Å². The Morgan fingerprint density at radius 3 is 2.65 bits per heavy atom. The molecule has 1 aromatic carbocycles. The van der Waals surface area contributed by atoms with E-state index in [0.29, 0.717) is 28.8 Å². The SMILES string of the molecule is COCc1nn2c(ncc3c(=O)n(Cc4ccccn4)ccc32)c1-c1ccc(F)cc1. The van der Waals surface area contributed by atoms with Crippen molar-refractivity contribution >= 4 is 16.6 Å². The number of nitrogens with zero attached hydrogens (tertiary/aromatic N) is 5. The highest BCUT2D eigenvalue weighted by molar-refractivity contribution is 5.86. The fraction of sp³-hybridized carbons (Fsp3) is 0.130. The predicted octanol–water partition coefficient (Wildman–Crippen LogP) is 3.44. The van der Waals surface area contributed by atoms with E-state index in [0.717, 1.165) is 16.8 Å². The van der Waals surface area contributed by atoms with Crippen LogP contribution in [0, 0.1) is 5.82 Å². The van der Waals surface area contributed by atoms with Crippen molar-refractivity contribution in [1.29, 1.82) is 0 Å². The maximum atomic E-state index is 13.4. The zero-order valence-electron chi connectivity index (χ0n) is 16.7. The quantitative estimate of drug-likeness (QED) is 0.440. The number of methoxy groups -OCH3 is 1. The third-order valence-electron chi connectivity index (χ3n) is 5.13. The number of rotatable bonds is 5. The van der Waals surface area contributed by atoms with Gasteiger partial charge in [-0.25, -0.2) is 13.9 Å². The molecule has 0 unspecified atom stereocenters. The summed E-state index contributed by atoms with van der Waals surface area (Å²) in [5, 5.41) is 5.11. The molecule has 8 heteroatoms. The van der Waals surface area contributed by atoms with Crippen LogP contribution in [0.25, 0.3) is 27.7 Å². The van der Waals surface area contributed by atoms with Gasteiger partial charge in [0.15, 0.2) is 5.65 Å². The summed E-state index contributed by atoms with van der Waals surface area (Å²) >= 11 is 0. The molecule has 0 aliphatic heterocycles. The Kier molecular flexibility index (Phi) is 4.76. The minimum absolute atomic E-state index is 0.176. The third-order valence-corrected chi connectivity index (χ3v) is 5.13. The normalized spacial score (nSPS) is 11.4. The van der Waals surface area contributed by atoms with E-state index >= 15 is 0 Å². The molecule has 0 saturated carbocycles. The Morgan fingerprint density at radius 2 is 1.90 bits per heavy atom. The van der Waals surface area contributed by atoms with Crippen LogP contribution >= 0.6 is 0 Å². The molecule has 0 fully saturated rings. The maximum absolute atomic E-state index is 13.4. The molecule has 31 heavy (non-hydrogen) atoms. The summed E-state index contributed by atoms with van der Waals surface area (Å²) < 4.78 is 22.0. The summed E-state index contributed by atoms with van der Waals surface area (Å²) in [4.78, 5) is 21.9. The lowest BCUT2D eigenvalue weighted by atomic mass is 10.1. The monoisotopic (exact) mass is 415 g/mol. The number of pyridine rings is 2. The molecule has 4 heterocycles. The molecule has 7 nitrogen and oxygen atoms in total. The standard InChI is InChI=1S/C23H18FN5O2/c1-31-14-19-21(15-5-7-16(24)8-6-15)22-26-12-18-20(29(22)27-19)9-11-28(23(18)30)13-17-4-2-3-10-25-17/h2-12H,13-14H2,1H3. The second-order valence-corrected chi connectivity index (χ2v) is 7.12. The summed E-state index contributed by atoms with van der Waals surface area (Å²) in [6.07, 6.45) is 4.99. The summed E-state index contributed by atoms with van der Waals surface area (Å²) in [5.74, 6) is -0.319. The lowest BCUT2D eigenvalue weighted by Gasteiger charge is -2.08. The Bertz CT molecular complexity index is 1440. The van der Waals surface area contributed by atoms with Crippen LogP contribution in [0.15, 0.2) is 71.9 Å². The zero-order chi connectivity index (χ0) is 21.4. The van der Waals surface area contributed by atoms with Crippen molar-refractivity contribution in [3.05, 3.63) is 94.7 Å². The van der Waals surface area contributed by atoms with Gasteiger partial charge in [-0.3, -0.25) is 9.78 Å². The summed E-state index contributed by atoms with van der Waals surface area (Å²) in [6.45, 7) is 0.622. The van der Waals surface area contributed by atoms with Crippen molar-refractivity contribution in [1.82, 2.24) is 24.1 Å². The Labute approximate surface area is 176 Å². The molecule has 0 amide bonds. The van der Waals surface area contributed by atoms with Gasteiger partial charge in [0.2, 0.25) is 0 Å². The van der Waals surface area contributed by atoms with E-state index in [9.17, 15) is 9.18 Å². The van der Waals surface area contributed by atoms with Crippen LogP contribution in [0.3, 0.4) is 0 Å². The van der Waals surface area contributed by atoms with Gasteiger partial charge in [0.05, 0.1) is 41.0 Å². The van der Waals surface area contributed by atoms with Gasteiger partial charge >= 0.3 is 0 Å². The molecule has 5 aromatic rings. The molecular weight excluding hydrogens is 397 g/mol. The Hall–Kier alpha value is -3.91. The molecule has 0 saturated heterocycles. The van der Waals surface area contributed by atoms with Crippen LogP contribution < -0.4 is 5.56 Å². The van der Waals surface area contributed by atoms with Crippen molar-refractivity contribution in [2.45, 2.75) is 13.2 Å². The molecule has 0 aliphatic rings. The van der Waals surface area contributed by atoms with Crippen molar-refractivity contribution in [2.24, 2.45) is 0 Å². The first-order valence-electron chi connectivity index (χ1n) is 9.70. The molecular formula is C23H18FN5O2. The molecule has 5 rings (SSSR count). The van der Waals surface area contributed by atoms with E-state index in [1.165, 1.54) is 12.1 Å². The van der Waals surface area contributed by atoms with E-state index in [1.807, 2.05) is 24.3 Å². The summed E-state index contributed by atoms with van der Waals surface area (Å²) in [7, 11) is 1.58. The Balaban J connectivity index is 1.70. The van der Waals surface area contributed by atoms with Gasteiger partial charge in [-0.1, -0.05) is 18.2 Å². The van der Waals surface area contributed by atoms with Gasteiger partial charge in [-0.2, -0.15) is 5.10 Å². The number of aromatic nitrogens is 5. The first-order valence-corrected chi connectivity index (χ1v) is 9.70. The highest BCUT2D eigenvalue weighted by Gasteiger charge is 2.18. The minimum atomic E-state index is -0.319. The zero-order valence-corrected chi connectivity index (χ0v) is 16.7. The van der Waals surface area contributed by atoms with Crippen LogP contribution in [-0.2, 0) is 17.9 Å². The molecule has 0 radical (unpaired) electrons. The molecule has 0 N–H and O–H groups in total. The Morgan fingerprint density at radius 1 is 1.06 bits per heavy atom. The lowest BCUT2D eigenvalue weighted by molar-refractivity contribution is 0.181. The smallest absolute Gasteiger partial charge is 0.261 e. The van der Waals surface area contributed by atoms with E-state index in [4.69, 9.17) is 4.74 Å². The van der Waals surface area contributed by atoms with Crippen LogP contribution in [0.2, 0.25) is 0 Å². The number of hydrogen-bond acceptors (Lipinski definition) is 5. The highest BCUT2D eigenvalue weighted by Crippen LogP contribution is 2.29. The molecule has 0 bridgehead atoms. The van der Waals surface area contributed by atoms with Gasteiger partial charge in [0, 0.05) is 25.7 Å². The summed E-state index contributed by atoms with van der Waals surface area (Å²) in [6, 6.07) is 13.6. The predicted molar refractivity (Wildman–Crippen MR) is 114 cm³/mol. The highest BCUT2D eigenvalue weighted by atomic mass is 19.1. The van der Waals surface area contributed by atoms with Gasteiger partial charge in [0.25, 0.3) is 5.56 Å². The van der Waals surface area contributed by atoms with Crippen LogP contribution in [0.4, 0.5) is 4.39 Å². The van der Waals surface area contributed by atoms with Crippen LogP contribution in [0.5, 0.6) is 0 Å². The molecule has 0 aliphatic carbocycles. The van der Waals surface area contributed by atoms with Crippen LogP contribution in [0.1, 0.15) is 11.4 Å². The average molecular weight is 415 g/mol. The number of halogens is 1. The lowest BCUT2D eigenvalue weighted by Crippen LogP contribution is -2.21. The van der Waals surface area contributed by atoms with Crippen molar-refractivity contribution in [2.75, 3.05) is 7.11 Å². The number of hydrogen-bond donors (Lipinski definition) is 0. The number of ether oxygens (including phenoxy) is 1. The third kappa shape index (κ3) is 3.36. The van der Waals surface area contributed by atoms with E-state index in [1.54, 1.807) is 46.9 Å². The number of benzene rings is 1. The molecule has 4 aromatic heterocycles. The minimum Gasteiger partial charge on any atom is -0.378 e. The van der Waals surface area contributed by atoms with Gasteiger partial charge < -0.3 is 9.30 Å². The molecule has 154 valence electrons. The van der Waals surface area contributed by atoms with Crippen molar-refractivity contribution in [3.8, 4) is 11.1 Å². The largest absolute Gasteiger partial charge is 0.378 e. The van der Waals surface area contributed by atoms with Gasteiger partial charge in [0.1, 0.15) is 5.82 Å². The second kappa shape index (κ2) is 7.73. The van der Waals surface area contributed by atoms with Crippen molar-refractivity contribution in [3.63, 3.8) is 0 Å². The number of fused-ring (bicyclic) bond motifs is 3. The fourth-order valence-corrected chi connectivity index (χ4v) is 3.70. The average Bonchev–Trinajstić information content (AvgIpc) is 3.15. The molecule has 0 spiro atoms. The van der Waals surface area contributed by atoms with Crippen molar-refractivity contribution < 1.29 is 9.13 Å². The van der Waals surface area contributed by atoms with E-state index in [2.05, 4.69) is 15.1 Å².